The van der Waals surface area contributed by atoms with Crippen molar-refractivity contribution < 1.29 is 32.8 Å². The van der Waals surface area contributed by atoms with E-state index >= 15 is 0 Å². The first-order chi connectivity index (χ1) is 5.07. The molecule has 59 valence electrons. The molecule has 0 atom stereocenters. The maximum atomic E-state index is 5.20. The monoisotopic (exact) mass is 236 g/mol. The fraction of sp³-hybridized carbons (Fsp3) is 0.800. The molecule has 0 spiro atoms. The minimum atomic E-state index is -0.0160. The van der Waals surface area contributed by atoms with Gasteiger partial charge in [0.05, 0.1) is 0 Å². The van der Waals surface area contributed by atoms with Crippen LogP contribution in [0.3, 0.4) is 0 Å². The van der Waals surface area contributed by atoms with Gasteiger partial charge in [-0.05, 0) is 0 Å². The predicted molar refractivity (Wildman–Crippen MR) is 40.7 cm³/mol. The first kappa shape index (κ1) is 11.0. The molecule has 0 aliphatic carbocycles. The number of rotatable bonds is 2. The second-order valence-electron chi connectivity index (χ2n) is 2.67. The molecule has 0 aromatic heterocycles. The van der Waals surface area contributed by atoms with Crippen LogP contribution < -0.4 is 0 Å². The standard InChI is InChI=1S/C5H12B2N2O.Mo/c1-8(2)6-7(10-5)9(3)4;/h1-4H3;/q;+1. The molecule has 0 saturated heterocycles. The summed E-state index contributed by atoms with van der Waals surface area (Å²) in [6.45, 7) is 1.95. The quantitative estimate of drug-likeness (QED) is 0.568. The van der Waals surface area contributed by atoms with Gasteiger partial charge in [-0.2, -0.15) is 0 Å². The summed E-state index contributed by atoms with van der Waals surface area (Å²) in [6.07, 6.45) is 0. The van der Waals surface area contributed by atoms with Crippen molar-refractivity contribution >= 4 is 13.6 Å². The van der Waals surface area contributed by atoms with Crippen LogP contribution in [0.1, 0.15) is 0 Å². The Bertz CT molecular complexity index is 235. The Kier molecular flexibility index (Phi) is 5.62. The van der Waals surface area contributed by atoms with Crippen molar-refractivity contribution in [1.29, 1.82) is 0 Å². The molecule has 1 radical (unpaired) electrons. The van der Waals surface area contributed by atoms with Gasteiger partial charge in [-0.3, -0.25) is 0 Å². The van der Waals surface area contributed by atoms with Crippen molar-refractivity contribution in [2.75, 3.05) is 28.2 Å². The third kappa shape index (κ3) is 5.29. The Morgan fingerprint density at radius 2 is 1.91 bits per heavy atom. The topological polar surface area (TPSA) is 15.2 Å². The molecule has 0 aromatic rings. The summed E-state index contributed by atoms with van der Waals surface area (Å²) in [5.41, 5.74) is 0. The van der Waals surface area contributed by atoms with Crippen LogP contribution in [-0.2, 0) is 23.8 Å². The molecule has 0 heterocycles. The molecular formula is C5H12B2MoN2O+. The van der Waals surface area contributed by atoms with E-state index in [4.69, 9.17) is 4.65 Å². The summed E-state index contributed by atoms with van der Waals surface area (Å²) < 4.78 is 11.8. The Balaban J connectivity index is 4.54. The first-order valence-electron chi connectivity index (χ1n) is 3.28. The molecule has 0 bridgehead atoms. The number of hydrogen-bond donors (Lipinski definition) is 0. The van der Waals surface area contributed by atoms with Crippen molar-refractivity contribution in [3.63, 3.8) is 0 Å². The third-order valence-electron chi connectivity index (χ3n) is 1.10. The number of hydrogen-bond acceptors (Lipinski definition) is 1. The molecule has 0 aliphatic rings. The fourth-order valence-corrected chi connectivity index (χ4v) is 0.816. The summed E-state index contributed by atoms with van der Waals surface area (Å²) in [5, 5.41) is 0. The summed E-state index contributed by atoms with van der Waals surface area (Å²) >= 11 is 1.68. The van der Waals surface area contributed by atoms with E-state index in [1.54, 1.807) is 19.2 Å². The van der Waals surface area contributed by atoms with Crippen molar-refractivity contribution in [2.45, 2.75) is 0 Å². The molecule has 0 fully saturated rings. The van der Waals surface area contributed by atoms with Gasteiger partial charge in [-0.15, -0.1) is 0 Å². The van der Waals surface area contributed by atoms with E-state index in [9.17, 15) is 0 Å². The van der Waals surface area contributed by atoms with Crippen LogP contribution in [0.2, 0.25) is 0 Å². The van der Waals surface area contributed by atoms with Gasteiger partial charge in [0.1, 0.15) is 0 Å². The van der Waals surface area contributed by atoms with Crippen molar-refractivity contribution in [1.82, 2.24) is 0 Å². The second kappa shape index (κ2) is 5.62. The van der Waals surface area contributed by atoms with Crippen LogP contribution in [0.15, 0.2) is 0 Å². The van der Waals surface area contributed by atoms with E-state index in [1.165, 1.54) is 0 Å². The van der Waals surface area contributed by atoms with Crippen molar-refractivity contribution in [2.24, 2.45) is 0 Å². The van der Waals surface area contributed by atoms with Crippen LogP contribution in [0, 0.1) is 4.39 Å². The van der Waals surface area contributed by atoms with Crippen LogP contribution >= 0.6 is 0 Å². The molecular weight excluding hydrogens is 222 g/mol. The van der Waals surface area contributed by atoms with Crippen molar-refractivity contribution in [3.8, 4) is 4.39 Å². The second-order valence-corrected chi connectivity index (χ2v) is 3.08. The Hall–Kier alpha value is -0.00182. The molecule has 11 heavy (non-hydrogen) atoms. The Morgan fingerprint density at radius 3 is 2.18 bits per heavy atom. The zero-order chi connectivity index (χ0) is 8.85. The Labute approximate surface area is 79.1 Å². The fourth-order valence-electron chi connectivity index (χ4n) is 0.574. The SMILES string of the molecule is C[N+](C)=[B-][B-](O[C]#[Mo+])=[N+](C)C. The molecule has 0 saturated carbocycles. The van der Waals surface area contributed by atoms with Gasteiger partial charge < -0.3 is 0 Å². The molecule has 0 amide bonds. The van der Waals surface area contributed by atoms with Gasteiger partial charge in [0.25, 0.3) is 0 Å². The van der Waals surface area contributed by atoms with Gasteiger partial charge in [0, 0.05) is 0 Å². The Morgan fingerprint density at radius 1 is 1.36 bits per heavy atom. The summed E-state index contributed by atoms with van der Waals surface area (Å²) in [5.74, 6) is 0. The minimum absolute atomic E-state index is 0.0160. The molecule has 0 aliphatic heterocycles. The van der Waals surface area contributed by atoms with E-state index < -0.39 is 0 Å². The van der Waals surface area contributed by atoms with E-state index in [0.29, 0.717) is 0 Å². The van der Waals surface area contributed by atoms with Crippen LogP contribution in [0.25, 0.3) is 0 Å². The van der Waals surface area contributed by atoms with Gasteiger partial charge in [-0.1, -0.05) is 0 Å². The normalized spacial score (nSPS) is 7.91. The third-order valence-corrected chi connectivity index (χ3v) is 1.34. The van der Waals surface area contributed by atoms with Gasteiger partial charge in [0.15, 0.2) is 0 Å². The van der Waals surface area contributed by atoms with Crippen molar-refractivity contribution in [3.05, 3.63) is 0 Å². The molecule has 0 N–H and O–H groups in total. The molecule has 0 rings (SSSR count). The van der Waals surface area contributed by atoms with Crippen LogP contribution in [0.4, 0.5) is 0 Å². The van der Waals surface area contributed by atoms with Gasteiger partial charge in [-0.25, -0.2) is 0 Å². The summed E-state index contributed by atoms with van der Waals surface area (Å²) in [4.78, 5) is 0. The summed E-state index contributed by atoms with van der Waals surface area (Å²) in [7, 11) is 7.86. The van der Waals surface area contributed by atoms with E-state index in [2.05, 4.69) is 4.39 Å². The predicted octanol–water partition coefficient (Wildman–Crippen LogP) is -0.848. The molecule has 0 unspecified atom stereocenters. The zero-order valence-corrected chi connectivity index (χ0v) is 9.37. The molecule has 6 heteroatoms. The van der Waals surface area contributed by atoms with Gasteiger partial charge in [0.2, 0.25) is 0 Å². The average molecular weight is 234 g/mol. The van der Waals surface area contributed by atoms with Crippen LogP contribution in [-0.4, -0.2) is 50.7 Å². The number of nitrogens with zero attached hydrogens (tertiary/aromatic N) is 2. The van der Waals surface area contributed by atoms with E-state index in [1.807, 2.05) is 44.1 Å². The summed E-state index contributed by atoms with van der Waals surface area (Å²) in [6, 6.07) is 0. The average Bonchev–Trinajstić information content (AvgIpc) is 1.86. The van der Waals surface area contributed by atoms with Gasteiger partial charge >= 0.3 is 78.9 Å². The van der Waals surface area contributed by atoms with E-state index in [0.717, 1.165) is 0 Å². The van der Waals surface area contributed by atoms with Crippen LogP contribution in [0.5, 0.6) is 0 Å². The zero-order valence-electron chi connectivity index (χ0n) is 7.37. The van der Waals surface area contributed by atoms with E-state index in [-0.39, 0.29) is 6.60 Å². The first-order valence-corrected chi connectivity index (χ1v) is 4.29. The molecule has 0 aromatic carbocycles. The molecule has 3 nitrogen and oxygen atoms in total. The maximum absolute atomic E-state index is 5.20.